The van der Waals surface area contributed by atoms with Crippen molar-refractivity contribution >= 4 is 21.9 Å². The first kappa shape index (κ1) is 31.3. The van der Waals surface area contributed by atoms with Crippen LogP contribution in [-0.2, 0) is 0 Å². The highest BCUT2D eigenvalue weighted by molar-refractivity contribution is 6.16. The number of hydrogen-bond acceptors (Lipinski definition) is 6. The molecule has 9 rings (SSSR count). The zero-order valence-corrected chi connectivity index (χ0v) is 28.2. The number of aromatic nitrogens is 3. The first-order valence-corrected chi connectivity index (χ1v) is 17.1. The van der Waals surface area contributed by atoms with Crippen LogP contribution in [0.4, 0.5) is 0 Å². The van der Waals surface area contributed by atoms with E-state index >= 15 is 0 Å². The maximum absolute atomic E-state index is 10.1. The third-order valence-electron chi connectivity index (χ3n) is 9.45. The lowest BCUT2D eigenvalue weighted by molar-refractivity contribution is 0.670. The van der Waals surface area contributed by atoms with E-state index in [1.807, 2.05) is 127 Å². The molecule has 0 bridgehead atoms. The second-order valence-corrected chi connectivity index (χ2v) is 12.6. The minimum Gasteiger partial charge on any atom is -0.455 e. The summed E-state index contributed by atoms with van der Waals surface area (Å²) >= 11 is 0. The zero-order valence-electron chi connectivity index (χ0n) is 28.2. The summed E-state index contributed by atoms with van der Waals surface area (Å²) in [5.41, 5.74) is 10.2. The molecule has 6 nitrogen and oxygen atoms in total. The highest BCUT2D eigenvalue weighted by Gasteiger charge is 2.22. The standard InChI is InChI=1S/C47H27N5O/c48-28-34-16-7-9-18-37(34)36-26-40(38-19-10-8-17-35(38)29-49)44-41(27-36)43-39(20-11-21-42(43)53-44)47-51-45(32-14-5-2-6-15-32)50-46(52-47)33-24-22-31(23-25-33)30-12-3-1-4-13-30/h1-27H. The normalized spacial score (nSPS) is 11.0. The maximum Gasteiger partial charge on any atom is 0.164 e. The van der Waals surface area contributed by atoms with Crippen molar-refractivity contribution < 1.29 is 4.42 Å². The van der Waals surface area contributed by atoms with Crippen molar-refractivity contribution in [1.82, 2.24) is 15.0 Å². The van der Waals surface area contributed by atoms with Crippen molar-refractivity contribution in [3.8, 4) is 79.7 Å². The quantitative estimate of drug-likeness (QED) is 0.174. The van der Waals surface area contributed by atoms with Gasteiger partial charge in [-0.2, -0.15) is 10.5 Å². The van der Waals surface area contributed by atoms with Gasteiger partial charge < -0.3 is 4.42 Å². The van der Waals surface area contributed by atoms with Crippen LogP contribution in [0.5, 0.6) is 0 Å². The molecule has 0 saturated carbocycles. The van der Waals surface area contributed by atoms with Crippen molar-refractivity contribution in [3.63, 3.8) is 0 Å². The number of nitriles is 2. The smallest absolute Gasteiger partial charge is 0.164 e. The fraction of sp³-hybridized carbons (Fsp3) is 0. The number of rotatable bonds is 6. The molecule has 0 aliphatic rings. The molecule has 0 fully saturated rings. The summed E-state index contributed by atoms with van der Waals surface area (Å²) in [6.45, 7) is 0. The van der Waals surface area contributed by atoms with Gasteiger partial charge >= 0.3 is 0 Å². The van der Waals surface area contributed by atoms with E-state index in [1.54, 1.807) is 6.07 Å². The van der Waals surface area contributed by atoms with Crippen molar-refractivity contribution in [2.75, 3.05) is 0 Å². The highest BCUT2D eigenvalue weighted by Crippen LogP contribution is 2.44. The van der Waals surface area contributed by atoms with E-state index < -0.39 is 0 Å². The molecular weight excluding hydrogens is 651 g/mol. The van der Waals surface area contributed by atoms with Gasteiger partial charge in [0.25, 0.3) is 0 Å². The van der Waals surface area contributed by atoms with Crippen LogP contribution in [-0.4, -0.2) is 15.0 Å². The average molecular weight is 678 g/mol. The van der Waals surface area contributed by atoms with Crippen LogP contribution in [0, 0.1) is 22.7 Å². The molecule has 0 aliphatic carbocycles. The highest BCUT2D eigenvalue weighted by atomic mass is 16.3. The molecule has 0 radical (unpaired) electrons. The Morgan fingerprint density at radius 2 is 0.906 bits per heavy atom. The van der Waals surface area contributed by atoms with Crippen LogP contribution in [0.3, 0.4) is 0 Å². The topological polar surface area (TPSA) is 99.4 Å². The molecule has 0 amide bonds. The second-order valence-electron chi connectivity index (χ2n) is 12.6. The Morgan fingerprint density at radius 1 is 0.396 bits per heavy atom. The van der Waals surface area contributed by atoms with Gasteiger partial charge in [-0.1, -0.05) is 133 Å². The minimum absolute atomic E-state index is 0.496. The summed E-state index contributed by atoms with van der Waals surface area (Å²) in [5, 5.41) is 21.8. The van der Waals surface area contributed by atoms with E-state index in [4.69, 9.17) is 19.4 Å². The molecular formula is C47H27N5O. The molecule has 2 aromatic heterocycles. The molecule has 2 heterocycles. The molecule has 6 heteroatoms. The molecule has 0 atom stereocenters. The van der Waals surface area contributed by atoms with Gasteiger partial charge in [0.05, 0.1) is 23.3 Å². The van der Waals surface area contributed by atoms with Crippen molar-refractivity contribution in [2.45, 2.75) is 0 Å². The third kappa shape index (κ3) is 5.67. The number of nitrogens with zero attached hydrogens (tertiary/aromatic N) is 5. The van der Waals surface area contributed by atoms with Crippen LogP contribution in [0.15, 0.2) is 168 Å². The van der Waals surface area contributed by atoms with Gasteiger partial charge in [-0.15, -0.1) is 0 Å². The predicted molar refractivity (Wildman–Crippen MR) is 209 cm³/mol. The second kappa shape index (κ2) is 13.2. The Kier molecular flexibility index (Phi) is 7.82. The van der Waals surface area contributed by atoms with Crippen LogP contribution in [0.2, 0.25) is 0 Å². The molecule has 0 saturated heterocycles. The summed E-state index contributed by atoms with van der Waals surface area (Å²) in [6, 6.07) is 58.1. The lowest BCUT2D eigenvalue weighted by Gasteiger charge is -2.11. The van der Waals surface area contributed by atoms with Crippen LogP contribution >= 0.6 is 0 Å². The molecule has 53 heavy (non-hydrogen) atoms. The average Bonchev–Trinajstić information content (AvgIpc) is 3.63. The van der Waals surface area contributed by atoms with E-state index in [0.29, 0.717) is 39.8 Å². The van der Waals surface area contributed by atoms with Gasteiger partial charge in [0.15, 0.2) is 17.5 Å². The van der Waals surface area contributed by atoms with Gasteiger partial charge in [-0.05, 0) is 52.6 Å². The van der Waals surface area contributed by atoms with Gasteiger partial charge in [-0.25, -0.2) is 15.0 Å². The fourth-order valence-corrected chi connectivity index (χ4v) is 6.90. The number of furan rings is 1. The van der Waals surface area contributed by atoms with E-state index in [2.05, 4.69) is 42.5 Å². The monoisotopic (exact) mass is 677 g/mol. The minimum atomic E-state index is 0.496. The van der Waals surface area contributed by atoms with E-state index in [1.165, 1.54) is 0 Å². The third-order valence-corrected chi connectivity index (χ3v) is 9.45. The first-order valence-electron chi connectivity index (χ1n) is 17.1. The summed E-state index contributed by atoms with van der Waals surface area (Å²) in [4.78, 5) is 15.1. The lowest BCUT2D eigenvalue weighted by atomic mass is 9.91. The lowest BCUT2D eigenvalue weighted by Crippen LogP contribution is -2.00. The van der Waals surface area contributed by atoms with Crippen molar-refractivity contribution in [3.05, 3.63) is 175 Å². The summed E-state index contributed by atoms with van der Waals surface area (Å²) in [6.07, 6.45) is 0. The molecule has 7 aromatic carbocycles. The van der Waals surface area contributed by atoms with Gasteiger partial charge in [0, 0.05) is 38.6 Å². The molecule has 0 aliphatic heterocycles. The molecule has 0 spiro atoms. The maximum atomic E-state index is 10.1. The molecule has 0 unspecified atom stereocenters. The summed E-state index contributed by atoms with van der Waals surface area (Å²) in [5.74, 6) is 1.59. The van der Waals surface area contributed by atoms with Gasteiger partial charge in [0.1, 0.15) is 11.2 Å². The predicted octanol–water partition coefficient (Wildman–Crippen LogP) is 11.5. The largest absolute Gasteiger partial charge is 0.455 e. The zero-order chi connectivity index (χ0) is 35.7. The molecule has 0 N–H and O–H groups in total. The molecule has 9 aromatic rings. The van der Waals surface area contributed by atoms with E-state index in [0.717, 1.165) is 60.8 Å². The van der Waals surface area contributed by atoms with Gasteiger partial charge in [-0.3, -0.25) is 0 Å². The van der Waals surface area contributed by atoms with E-state index in [9.17, 15) is 10.5 Å². The Labute approximate surface area is 305 Å². The van der Waals surface area contributed by atoms with Crippen LogP contribution in [0.25, 0.3) is 89.5 Å². The van der Waals surface area contributed by atoms with E-state index in [-0.39, 0.29) is 0 Å². The SMILES string of the molecule is N#Cc1ccccc1-c1cc(-c2ccccc2C#N)c2oc3cccc(-c4nc(-c5ccccc5)nc(-c5ccc(-c6ccccc6)cc5)n4)c3c2c1. The fourth-order valence-electron chi connectivity index (χ4n) is 6.90. The van der Waals surface area contributed by atoms with Crippen molar-refractivity contribution in [1.29, 1.82) is 10.5 Å². The Morgan fingerprint density at radius 3 is 1.58 bits per heavy atom. The Balaban J connectivity index is 1.30. The first-order chi connectivity index (χ1) is 26.2. The van der Waals surface area contributed by atoms with Gasteiger partial charge in [0.2, 0.25) is 0 Å². The van der Waals surface area contributed by atoms with Crippen LogP contribution in [0.1, 0.15) is 11.1 Å². The number of benzene rings is 7. The molecule has 246 valence electrons. The Hall–Kier alpha value is -7.67. The van der Waals surface area contributed by atoms with Crippen LogP contribution < -0.4 is 0 Å². The summed E-state index contributed by atoms with van der Waals surface area (Å²) in [7, 11) is 0. The summed E-state index contributed by atoms with van der Waals surface area (Å²) < 4.78 is 6.69. The number of fused-ring (bicyclic) bond motifs is 3. The Bertz CT molecular complexity index is 2900. The number of hydrogen-bond donors (Lipinski definition) is 0. The van der Waals surface area contributed by atoms with Crippen molar-refractivity contribution in [2.24, 2.45) is 0 Å².